The fraction of sp³-hybridized carbons (Fsp3) is 0.647. The fourth-order valence-electron chi connectivity index (χ4n) is 3.06. The Hall–Kier alpha value is -0.530. The maximum atomic E-state index is 6.18. The smallest absolute Gasteiger partial charge is 0.0450 e. The van der Waals surface area contributed by atoms with Gasteiger partial charge in [0.1, 0.15) is 0 Å². The summed E-state index contributed by atoms with van der Waals surface area (Å²) in [6, 6.07) is 8.78. The Balaban J connectivity index is 1.79. The molecule has 19 heavy (non-hydrogen) atoms. The zero-order valence-corrected chi connectivity index (χ0v) is 13.1. The molecule has 0 spiro atoms. The van der Waals surface area contributed by atoms with Crippen molar-refractivity contribution in [2.75, 3.05) is 0 Å². The second kappa shape index (κ2) is 6.28. The van der Waals surface area contributed by atoms with Gasteiger partial charge in [-0.3, -0.25) is 0 Å². The van der Waals surface area contributed by atoms with Crippen LogP contribution in [0.25, 0.3) is 0 Å². The predicted molar refractivity (Wildman–Crippen MR) is 83.5 cm³/mol. The van der Waals surface area contributed by atoms with Crippen molar-refractivity contribution in [1.29, 1.82) is 0 Å². The molecule has 1 saturated carbocycles. The third-order valence-electron chi connectivity index (χ3n) is 4.49. The topological polar surface area (TPSA) is 12.0 Å². The van der Waals surface area contributed by atoms with Crippen LogP contribution in [0, 0.1) is 11.3 Å². The third kappa shape index (κ3) is 4.22. The first-order valence-electron chi connectivity index (χ1n) is 7.43. The van der Waals surface area contributed by atoms with Crippen LogP contribution in [0.2, 0.25) is 5.02 Å². The molecule has 0 amide bonds. The zero-order chi connectivity index (χ0) is 13.9. The van der Waals surface area contributed by atoms with Gasteiger partial charge in [0, 0.05) is 17.6 Å². The van der Waals surface area contributed by atoms with E-state index in [1.54, 1.807) is 0 Å². The van der Waals surface area contributed by atoms with E-state index in [1.165, 1.54) is 31.2 Å². The molecule has 1 fully saturated rings. The molecule has 2 heteroatoms. The quantitative estimate of drug-likeness (QED) is 0.818. The van der Waals surface area contributed by atoms with Gasteiger partial charge in [-0.05, 0) is 48.6 Å². The van der Waals surface area contributed by atoms with Crippen LogP contribution in [0.3, 0.4) is 0 Å². The lowest BCUT2D eigenvalue weighted by atomic mass is 9.71. The van der Waals surface area contributed by atoms with E-state index in [0.717, 1.165) is 17.5 Å². The van der Waals surface area contributed by atoms with Crippen molar-refractivity contribution >= 4 is 11.6 Å². The molecule has 0 aromatic heterocycles. The van der Waals surface area contributed by atoms with E-state index in [4.69, 9.17) is 11.6 Å². The lowest BCUT2D eigenvalue weighted by Gasteiger charge is -2.37. The molecule has 1 aromatic carbocycles. The van der Waals surface area contributed by atoms with E-state index in [0.29, 0.717) is 11.5 Å². The van der Waals surface area contributed by atoms with E-state index in [2.05, 4.69) is 38.2 Å². The Kier molecular flexibility index (Phi) is 4.92. The highest BCUT2D eigenvalue weighted by molar-refractivity contribution is 6.31. The highest BCUT2D eigenvalue weighted by atomic mass is 35.5. The summed E-state index contributed by atoms with van der Waals surface area (Å²) >= 11 is 6.18. The van der Waals surface area contributed by atoms with Crippen molar-refractivity contribution in [3.05, 3.63) is 34.9 Å². The number of rotatable bonds is 3. The normalized spacial score (nSPS) is 24.4. The predicted octanol–water partition coefficient (Wildman–Crippen LogP) is 5.03. The second-order valence-electron chi connectivity index (χ2n) is 6.89. The molecule has 0 atom stereocenters. The SMILES string of the molecule is CC(C)(C)C1CCC(NCc2ccccc2Cl)CC1. The van der Waals surface area contributed by atoms with Crippen molar-refractivity contribution in [3.63, 3.8) is 0 Å². The van der Waals surface area contributed by atoms with Crippen LogP contribution < -0.4 is 5.32 Å². The molecule has 0 saturated heterocycles. The molecule has 1 aliphatic carbocycles. The third-order valence-corrected chi connectivity index (χ3v) is 4.86. The van der Waals surface area contributed by atoms with Gasteiger partial charge in [-0.25, -0.2) is 0 Å². The molecule has 0 radical (unpaired) electrons. The van der Waals surface area contributed by atoms with Gasteiger partial charge >= 0.3 is 0 Å². The molecule has 106 valence electrons. The van der Waals surface area contributed by atoms with Crippen LogP contribution in [0.5, 0.6) is 0 Å². The fourth-order valence-corrected chi connectivity index (χ4v) is 3.26. The molecule has 0 aliphatic heterocycles. The van der Waals surface area contributed by atoms with Gasteiger partial charge in [0.15, 0.2) is 0 Å². The molecule has 1 N–H and O–H groups in total. The van der Waals surface area contributed by atoms with Crippen molar-refractivity contribution in [3.8, 4) is 0 Å². The van der Waals surface area contributed by atoms with E-state index in [1.807, 2.05) is 12.1 Å². The molecule has 0 bridgehead atoms. The number of benzene rings is 1. The van der Waals surface area contributed by atoms with Crippen molar-refractivity contribution < 1.29 is 0 Å². The second-order valence-corrected chi connectivity index (χ2v) is 7.29. The average Bonchev–Trinajstić information content (AvgIpc) is 2.37. The molecule has 0 heterocycles. The van der Waals surface area contributed by atoms with Gasteiger partial charge in [0.25, 0.3) is 0 Å². The monoisotopic (exact) mass is 279 g/mol. The van der Waals surface area contributed by atoms with E-state index in [-0.39, 0.29) is 0 Å². The van der Waals surface area contributed by atoms with Gasteiger partial charge in [-0.2, -0.15) is 0 Å². The lowest BCUT2D eigenvalue weighted by molar-refractivity contribution is 0.160. The number of hydrogen-bond acceptors (Lipinski definition) is 1. The summed E-state index contributed by atoms with van der Waals surface area (Å²) < 4.78 is 0. The van der Waals surface area contributed by atoms with E-state index >= 15 is 0 Å². The zero-order valence-electron chi connectivity index (χ0n) is 12.4. The van der Waals surface area contributed by atoms with Crippen LogP contribution in [0.4, 0.5) is 0 Å². The van der Waals surface area contributed by atoms with Crippen molar-refractivity contribution in [1.82, 2.24) is 5.32 Å². The summed E-state index contributed by atoms with van der Waals surface area (Å²) in [7, 11) is 0. The molecule has 2 rings (SSSR count). The number of nitrogens with one attached hydrogen (secondary N) is 1. The summed E-state index contributed by atoms with van der Waals surface area (Å²) in [4.78, 5) is 0. The maximum Gasteiger partial charge on any atom is 0.0450 e. The van der Waals surface area contributed by atoms with Crippen LogP contribution in [-0.4, -0.2) is 6.04 Å². The van der Waals surface area contributed by atoms with E-state index in [9.17, 15) is 0 Å². The Bertz CT molecular complexity index is 400. The molecule has 1 aliphatic rings. The first-order chi connectivity index (χ1) is 8.97. The lowest BCUT2D eigenvalue weighted by Crippen LogP contribution is -2.35. The summed E-state index contributed by atoms with van der Waals surface area (Å²) in [6.07, 6.45) is 5.30. The van der Waals surface area contributed by atoms with Gasteiger partial charge in [0.2, 0.25) is 0 Å². The minimum Gasteiger partial charge on any atom is -0.310 e. The molecule has 0 unspecified atom stereocenters. The number of hydrogen-bond donors (Lipinski definition) is 1. The highest BCUT2D eigenvalue weighted by Crippen LogP contribution is 2.37. The molecule has 1 aromatic rings. The summed E-state index contributed by atoms with van der Waals surface area (Å²) in [5, 5.41) is 4.54. The van der Waals surface area contributed by atoms with Crippen molar-refractivity contribution in [2.24, 2.45) is 11.3 Å². The minimum atomic E-state index is 0.466. The molecular weight excluding hydrogens is 254 g/mol. The Morgan fingerprint density at radius 2 is 1.74 bits per heavy atom. The Labute approximate surface area is 122 Å². The summed E-state index contributed by atoms with van der Waals surface area (Å²) in [6.45, 7) is 8.00. The summed E-state index contributed by atoms with van der Waals surface area (Å²) in [5.41, 5.74) is 1.68. The average molecular weight is 280 g/mol. The standard InChI is InChI=1S/C17H26ClN/c1-17(2,3)14-8-10-15(11-9-14)19-12-13-6-4-5-7-16(13)18/h4-7,14-15,19H,8-12H2,1-3H3. The van der Waals surface area contributed by atoms with Crippen molar-refractivity contribution in [2.45, 2.75) is 59.0 Å². The van der Waals surface area contributed by atoms with Gasteiger partial charge in [-0.15, -0.1) is 0 Å². The first-order valence-corrected chi connectivity index (χ1v) is 7.81. The van der Waals surface area contributed by atoms with Crippen LogP contribution in [0.15, 0.2) is 24.3 Å². The molecule has 1 nitrogen and oxygen atoms in total. The maximum absolute atomic E-state index is 6.18. The van der Waals surface area contributed by atoms with Gasteiger partial charge in [-0.1, -0.05) is 50.6 Å². The first kappa shape index (κ1) is 14.9. The van der Waals surface area contributed by atoms with Gasteiger partial charge < -0.3 is 5.32 Å². The number of halogens is 1. The van der Waals surface area contributed by atoms with Gasteiger partial charge in [0.05, 0.1) is 0 Å². The van der Waals surface area contributed by atoms with Crippen LogP contribution in [0.1, 0.15) is 52.0 Å². The summed E-state index contributed by atoms with van der Waals surface area (Å²) in [5.74, 6) is 0.880. The van der Waals surface area contributed by atoms with Crippen LogP contribution in [-0.2, 0) is 6.54 Å². The Morgan fingerprint density at radius 1 is 1.11 bits per heavy atom. The van der Waals surface area contributed by atoms with E-state index < -0.39 is 0 Å². The Morgan fingerprint density at radius 3 is 2.32 bits per heavy atom. The molecular formula is C17H26ClN. The van der Waals surface area contributed by atoms with Crippen LogP contribution >= 0.6 is 11.6 Å². The largest absolute Gasteiger partial charge is 0.310 e. The minimum absolute atomic E-state index is 0.466. The highest BCUT2D eigenvalue weighted by Gasteiger charge is 2.29.